The van der Waals surface area contributed by atoms with Crippen LogP contribution in [0.4, 0.5) is 0 Å². The third-order valence-corrected chi connectivity index (χ3v) is 2.38. The SMILES string of the molecule is CCCC(C)=COC(=O)C(CCC)=C(C)O[C]=O. The Hall–Kier alpha value is -1.58. The van der Waals surface area contributed by atoms with Crippen molar-refractivity contribution in [2.75, 3.05) is 0 Å². The van der Waals surface area contributed by atoms with Crippen LogP contribution in [-0.2, 0) is 19.1 Å². The first-order valence-electron chi connectivity index (χ1n) is 6.17. The van der Waals surface area contributed by atoms with Crippen molar-refractivity contribution in [2.45, 2.75) is 53.4 Å². The van der Waals surface area contributed by atoms with Crippen LogP contribution in [-0.4, -0.2) is 12.4 Å². The van der Waals surface area contributed by atoms with Crippen molar-refractivity contribution >= 4 is 12.4 Å². The number of rotatable bonds is 8. The third kappa shape index (κ3) is 6.23. The molecular weight excluding hydrogens is 232 g/mol. The Labute approximate surface area is 109 Å². The van der Waals surface area contributed by atoms with Crippen molar-refractivity contribution in [3.8, 4) is 0 Å². The summed E-state index contributed by atoms with van der Waals surface area (Å²) in [7, 11) is 0. The summed E-state index contributed by atoms with van der Waals surface area (Å²) in [5.41, 5.74) is 1.38. The van der Waals surface area contributed by atoms with Gasteiger partial charge in [-0.05, 0) is 32.3 Å². The van der Waals surface area contributed by atoms with E-state index in [-0.39, 0.29) is 5.76 Å². The van der Waals surface area contributed by atoms with Crippen molar-refractivity contribution in [3.05, 3.63) is 23.2 Å². The molecule has 0 aromatic heterocycles. The molecule has 0 aromatic rings. The zero-order valence-electron chi connectivity index (χ0n) is 11.5. The summed E-state index contributed by atoms with van der Waals surface area (Å²) in [5.74, 6) is -0.224. The van der Waals surface area contributed by atoms with E-state index in [1.165, 1.54) is 12.7 Å². The fourth-order valence-corrected chi connectivity index (χ4v) is 1.47. The number of ether oxygens (including phenoxy) is 2. The molecular formula is C14H21O4. The average Bonchev–Trinajstić information content (AvgIpc) is 2.33. The van der Waals surface area contributed by atoms with Gasteiger partial charge in [0.15, 0.2) is 0 Å². The lowest BCUT2D eigenvalue weighted by Crippen LogP contribution is -2.08. The van der Waals surface area contributed by atoms with Crippen molar-refractivity contribution in [2.24, 2.45) is 0 Å². The summed E-state index contributed by atoms with van der Waals surface area (Å²) in [6.45, 7) is 8.76. The molecule has 0 bridgehead atoms. The van der Waals surface area contributed by atoms with Crippen LogP contribution in [0.1, 0.15) is 53.4 Å². The van der Waals surface area contributed by atoms with Crippen molar-refractivity contribution < 1.29 is 19.1 Å². The highest BCUT2D eigenvalue weighted by molar-refractivity contribution is 5.89. The van der Waals surface area contributed by atoms with Gasteiger partial charge in [-0.2, -0.15) is 0 Å². The van der Waals surface area contributed by atoms with E-state index in [9.17, 15) is 9.59 Å². The Kier molecular flexibility index (Phi) is 8.62. The molecule has 4 heteroatoms. The molecule has 0 aliphatic carbocycles. The Morgan fingerprint density at radius 3 is 2.28 bits per heavy atom. The van der Waals surface area contributed by atoms with Gasteiger partial charge in [-0.25, -0.2) is 9.59 Å². The summed E-state index contributed by atoms with van der Waals surface area (Å²) >= 11 is 0. The third-order valence-electron chi connectivity index (χ3n) is 2.38. The minimum absolute atomic E-state index is 0.249. The van der Waals surface area contributed by atoms with Crippen molar-refractivity contribution in [1.82, 2.24) is 0 Å². The molecule has 101 valence electrons. The first-order valence-corrected chi connectivity index (χ1v) is 6.17. The molecule has 0 rings (SSSR count). The number of carbonyl (C=O) groups excluding carboxylic acids is 2. The predicted octanol–water partition coefficient (Wildman–Crippen LogP) is 3.39. The van der Waals surface area contributed by atoms with Crippen LogP contribution in [0.5, 0.6) is 0 Å². The minimum atomic E-state index is -0.472. The average molecular weight is 253 g/mol. The Morgan fingerprint density at radius 1 is 1.17 bits per heavy atom. The van der Waals surface area contributed by atoms with Gasteiger partial charge in [-0.3, -0.25) is 0 Å². The van der Waals surface area contributed by atoms with E-state index in [1.54, 1.807) is 6.92 Å². The summed E-state index contributed by atoms with van der Waals surface area (Å²) in [5, 5.41) is 0. The Balaban J connectivity index is 4.73. The second-order valence-corrected chi connectivity index (χ2v) is 4.09. The van der Waals surface area contributed by atoms with Crippen LogP contribution >= 0.6 is 0 Å². The number of carbonyl (C=O) groups is 1. The van der Waals surface area contributed by atoms with Gasteiger partial charge in [0.05, 0.1) is 11.8 Å². The molecule has 1 radical (unpaired) electrons. The van der Waals surface area contributed by atoms with Gasteiger partial charge in [0.2, 0.25) is 0 Å². The maximum Gasteiger partial charge on any atom is 0.422 e. The highest BCUT2D eigenvalue weighted by Gasteiger charge is 2.14. The van der Waals surface area contributed by atoms with Crippen LogP contribution in [0.2, 0.25) is 0 Å². The number of hydrogen-bond donors (Lipinski definition) is 0. The van der Waals surface area contributed by atoms with E-state index in [0.717, 1.165) is 24.8 Å². The van der Waals surface area contributed by atoms with Crippen molar-refractivity contribution in [3.63, 3.8) is 0 Å². The number of hydrogen-bond acceptors (Lipinski definition) is 4. The van der Waals surface area contributed by atoms with Gasteiger partial charge < -0.3 is 9.47 Å². The maximum absolute atomic E-state index is 11.8. The van der Waals surface area contributed by atoms with Crippen LogP contribution in [0, 0.1) is 0 Å². The topological polar surface area (TPSA) is 52.6 Å². The molecule has 0 fully saturated rings. The summed E-state index contributed by atoms with van der Waals surface area (Å²) in [6, 6.07) is 0. The van der Waals surface area contributed by atoms with Gasteiger partial charge in [0.1, 0.15) is 5.76 Å². The molecule has 0 amide bonds. The van der Waals surface area contributed by atoms with Gasteiger partial charge in [0.25, 0.3) is 0 Å². The molecule has 0 aliphatic rings. The molecule has 0 heterocycles. The van der Waals surface area contributed by atoms with Gasteiger partial charge >= 0.3 is 12.4 Å². The van der Waals surface area contributed by atoms with Gasteiger partial charge in [-0.15, -0.1) is 0 Å². The zero-order chi connectivity index (χ0) is 14.0. The molecule has 4 nitrogen and oxygen atoms in total. The molecule has 0 atom stereocenters. The summed E-state index contributed by atoms with van der Waals surface area (Å²) in [4.78, 5) is 22.0. The zero-order valence-corrected chi connectivity index (χ0v) is 11.5. The Bertz CT molecular complexity index is 340. The standard InChI is InChI=1S/C14H21O4/c1-5-7-11(3)9-17-14(16)13(8-6-2)12(4)18-10-15/h9H,5-8H2,1-4H3. The normalized spacial score (nSPS) is 12.8. The second-order valence-electron chi connectivity index (χ2n) is 4.09. The molecule has 0 saturated heterocycles. The lowest BCUT2D eigenvalue weighted by Gasteiger charge is -2.07. The first-order chi connectivity index (χ1) is 8.56. The second kappa shape index (κ2) is 9.45. The van der Waals surface area contributed by atoms with E-state index in [1.807, 2.05) is 13.8 Å². The summed E-state index contributed by atoms with van der Waals surface area (Å²) < 4.78 is 9.65. The summed E-state index contributed by atoms with van der Waals surface area (Å²) in [6.07, 6.45) is 4.62. The molecule has 0 saturated carbocycles. The van der Waals surface area contributed by atoms with Gasteiger partial charge in [0, 0.05) is 0 Å². The predicted molar refractivity (Wildman–Crippen MR) is 69.1 cm³/mol. The molecule has 0 spiro atoms. The lowest BCUT2D eigenvalue weighted by atomic mass is 10.1. The largest absolute Gasteiger partial charge is 0.431 e. The fraction of sp³-hybridized carbons (Fsp3) is 0.571. The quantitative estimate of drug-likeness (QED) is 0.378. The fourth-order valence-electron chi connectivity index (χ4n) is 1.47. The maximum atomic E-state index is 11.8. The highest BCUT2D eigenvalue weighted by Crippen LogP contribution is 2.14. The smallest absolute Gasteiger partial charge is 0.422 e. The van der Waals surface area contributed by atoms with Crippen LogP contribution in [0.25, 0.3) is 0 Å². The van der Waals surface area contributed by atoms with E-state index in [4.69, 9.17) is 4.74 Å². The number of esters is 1. The van der Waals surface area contributed by atoms with E-state index < -0.39 is 5.97 Å². The van der Waals surface area contributed by atoms with Crippen LogP contribution in [0.15, 0.2) is 23.2 Å². The van der Waals surface area contributed by atoms with E-state index in [0.29, 0.717) is 12.0 Å². The minimum Gasteiger partial charge on any atom is -0.431 e. The Morgan fingerprint density at radius 2 is 1.78 bits per heavy atom. The molecule has 0 N–H and O–H groups in total. The van der Waals surface area contributed by atoms with Crippen LogP contribution in [0.3, 0.4) is 0 Å². The molecule has 0 unspecified atom stereocenters. The number of allylic oxidation sites excluding steroid dienone is 2. The highest BCUT2D eigenvalue weighted by atomic mass is 16.5. The first kappa shape index (κ1) is 16.4. The monoisotopic (exact) mass is 253 g/mol. The molecule has 0 aromatic carbocycles. The van der Waals surface area contributed by atoms with Crippen molar-refractivity contribution in [1.29, 1.82) is 0 Å². The molecule has 0 aliphatic heterocycles. The van der Waals surface area contributed by atoms with Crippen LogP contribution < -0.4 is 0 Å². The van der Waals surface area contributed by atoms with E-state index >= 15 is 0 Å². The van der Waals surface area contributed by atoms with Gasteiger partial charge in [-0.1, -0.05) is 26.7 Å². The molecule has 18 heavy (non-hydrogen) atoms. The lowest BCUT2D eigenvalue weighted by molar-refractivity contribution is -0.134. The van der Waals surface area contributed by atoms with E-state index in [2.05, 4.69) is 11.7 Å².